The molecule has 0 aliphatic carbocycles. The Hall–Kier alpha value is -2.29. The second-order valence-corrected chi connectivity index (χ2v) is 8.19. The average molecular weight is 514 g/mol. The Morgan fingerprint density at radius 2 is 2.03 bits per heavy atom. The van der Waals surface area contributed by atoms with Gasteiger partial charge in [-0.15, -0.1) is 0 Å². The van der Waals surface area contributed by atoms with E-state index in [2.05, 4.69) is 26.2 Å². The predicted octanol–water partition coefficient (Wildman–Crippen LogP) is 4.71. The van der Waals surface area contributed by atoms with Crippen LogP contribution in [0.5, 0.6) is 5.75 Å². The summed E-state index contributed by atoms with van der Waals surface area (Å²) in [6.45, 7) is 3.27. The molecule has 0 atom stereocenters. The minimum absolute atomic E-state index is 0.0813. The van der Waals surface area contributed by atoms with Crippen LogP contribution in [0, 0.1) is 6.92 Å². The largest absolute Gasteiger partial charge is 0.485 e. The first-order chi connectivity index (χ1) is 14.2. The van der Waals surface area contributed by atoms with Gasteiger partial charge in [0, 0.05) is 30.8 Å². The van der Waals surface area contributed by atoms with E-state index in [1.807, 2.05) is 23.6 Å². The van der Waals surface area contributed by atoms with E-state index in [1.165, 1.54) is 11.8 Å². The van der Waals surface area contributed by atoms with E-state index in [0.717, 1.165) is 10.3 Å². The Labute approximate surface area is 192 Å². The van der Waals surface area contributed by atoms with Gasteiger partial charge in [0.15, 0.2) is 11.4 Å². The normalized spacial score (nSPS) is 10.9. The van der Waals surface area contributed by atoms with Crippen molar-refractivity contribution in [2.24, 2.45) is 0 Å². The molecule has 1 N–H and O–H groups in total. The van der Waals surface area contributed by atoms with Gasteiger partial charge in [-0.3, -0.25) is 14.0 Å². The number of anilines is 1. The van der Waals surface area contributed by atoms with Crippen LogP contribution in [0.25, 0.3) is 5.65 Å². The molecule has 7 nitrogen and oxygen atoms in total. The van der Waals surface area contributed by atoms with E-state index < -0.39 is 0 Å². The van der Waals surface area contributed by atoms with Gasteiger partial charge >= 0.3 is 0 Å². The number of carbonyl (C=O) groups is 2. The fraction of sp³-hybridized carbons (Fsp3) is 0.250. The Bertz CT molecular complexity index is 1130. The standard InChI is InChI=1S/C20H19BrCl2N4O3/c1-11-19(21)27-8-4-5-16(20(27)24-11)30-10-13-14(22)6-7-15(18(13)23)25-17(29)9-26(3)12(2)28/h4-8H,9-10H2,1-3H3,(H,25,29). The first-order valence-corrected chi connectivity index (χ1v) is 10.5. The second-order valence-electron chi connectivity index (χ2n) is 6.65. The Kier molecular flexibility index (Phi) is 6.90. The van der Waals surface area contributed by atoms with Crippen LogP contribution >= 0.6 is 39.1 Å². The number of rotatable bonds is 6. The number of aryl methyl sites for hydroxylation is 1. The number of fused-ring (bicyclic) bond motifs is 1. The third-order valence-corrected chi connectivity index (χ3v) is 6.21. The number of ether oxygens (including phenoxy) is 1. The van der Waals surface area contributed by atoms with Gasteiger partial charge in [0.2, 0.25) is 11.8 Å². The highest BCUT2D eigenvalue weighted by Gasteiger charge is 2.17. The highest BCUT2D eigenvalue weighted by molar-refractivity contribution is 9.10. The van der Waals surface area contributed by atoms with Crippen LogP contribution in [-0.2, 0) is 16.2 Å². The van der Waals surface area contributed by atoms with Crippen molar-refractivity contribution in [3.8, 4) is 5.75 Å². The minimum Gasteiger partial charge on any atom is -0.485 e. The molecule has 0 fully saturated rings. The van der Waals surface area contributed by atoms with Crippen LogP contribution in [0.15, 0.2) is 35.1 Å². The zero-order chi connectivity index (χ0) is 22.0. The fourth-order valence-electron chi connectivity index (χ4n) is 2.73. The smallest absolute Gasteiger partial charge is 0.244 e. The van der Waals surface area contributed by atoms with E-state index in [0.29, 0.717) is 27.7 Å². The molecule has 0 bridgehead atoms. The molecule has 3 rings (SSSR count). The zero-order valence-electron chi connectivity index (χ0n) is 16.5. The lowest BCUT2D eigenvalue weighted by Gasteiger charge is -2.16. The molecule has 30 heavy (non-hydrogen) atoms. The number of likely N-dealkylation sites (N-methyl/N-ethyl adjacent to an activating group) is 1. The lowest BCUT2D eigenvalue weighted by Crippen LogP contribution is -2.33. The number of hydrogen-bond donors (Lipinski definition) is 1. The van der Waals surface area contributed by atoms with Crippen molar-refractivity contribution in [3.63, 3.8) is 0 Å². The zero-order valence-corrected chi connectivity index (χ0v) is 19.6. The molecule has 2 aromatic heterocycles. The van der Waals surface area contributed by atoms with Crippen molar-refractivity contribution in [3.05, 3.63) is 56.4 Å². The fourth-order valence-corrected chi connectivity index (χ4v) is 3.63. The molecule has 1 aromatic carbocycles. The van der Waals surface area contributed by atoms with Gasteiger partial charge in [-0.25, -0.2) is 4.98 Å². The van der Waals surface area contributed by atoms with Crippen LogP contribution in [0.1, 0.15) is 18.2 Å². The summed E-state index contributed by atoms with van der Waals surface area (Å²) in [7, 11) is 1.54. The van der Waals surface area contributed by atoms with E-state index in [-0.39, 0.29) is 30.0 Å². The van der Waals surface area contributed by atoms with E-state index in [4.69, 9.17) is 27.9 Å². The molecule has 0 saturated heterocycles. The van der Waals surface area contributed by atoms with Crippen LogP contribution in [-0.4, -0.2) is 39.7 Å². The van der Waals surface area contributed by atoms with Crippen molar-refractivity contribution < 1.29 is 14.3 Å². The van der Waals surface area contributed by atoms with E-state index in [1.54, 1.807) is 25.2 Å². The topological polar surface area (TPSA) is 75.9 Å². The van der Waals surface area contributed by atoms with Gasteiger partial charge in [0.1, 0.15) is 11.2 Å². The SMILES string of the molecule is CC(=O)N(C)CC(=O)Nc1ccc(Cl)c(COc2cccn3c(Br)c(C)nc23)c1Cl. The number of amides is 2. The Balaban J connectivity index is 1.80. The van der Waals surface area contributed by atoms with Gasteiger partial charge in [0.25, 0.3) is 0 Å². The van der Waals surface area contributed by atoms with Gasteiger partial charge in [-0.05, 0) is 47.1 Å². The maximum Gasteiger partial charge on any atom is 0.244 e. The first-order valence-electron chi connectivity index (χ1n) is 8.93. The summed E-state index contributed by atoms with van der Waals surface area (Å²) < 4.78 is 8.67. The summed E-state index contributed by atoms with van der Waals surface area (Å²) in [5, 5.41) is 3.38. The van der Waals surface area contributed by atoms with Gasteiger partial charge in [-0.1, -0.05) is 23.2 Å². The van der Waals surface area contributed by atoms with Gasteiger partial charge in [-0.2, -0.15) is 0 Å². The molecule has 2 heterocycles. The molecule has 3 aromatic rings. The second kappa shape index (κ2) is 9.24. The van der Waals surface area contributed by atoms with Crippen molar-refractivity contribution >= 4 is 62.3 Å². The van der Waals surface area contributed by atoms with Crippen LogP contribution < -0.4 is 10.1 Å². The maximum atomic E-state index is 12.2. The summed E-state index contributed by atoms with van der Waals surface area (Å²) >= 11 is 16.3. The number of benzene rings is 1. The predicted molar refractivity (Wildman–Crippen MR) is 120 cm³/mol. The quantitative estimate of drug-likeness (QED) is 0.518. The molecule has 10 heteroatoms. The van der Waals surface area contributed by atoms with Crippen LogP contribution in [0.2, 0.25) is 10.0 Å². The number of halogens is 3. The van der Waals surface area contributed by atoms with Crippen LogP contribution in [0.3, 0.4) is 0 Å². The maximum absolute atomic E-state index is 12.2. The highest BCUT2D eigenvalue weighted by atomic mass is 79.9. The number of aromatic nitrogens is 2. The number of carbonyl (C=O) groups excluding carboxylic acids is 2. The molecule has 0 saturated carbocycles. The number of pyridine rings is 1. The third-order valence-electron chi connectivity index (χ3n) is 4.47. The van der Waals surface area contributed by atoms with Gasteiger partial charge in [0.05, 0.1) is 22.9 Å². The number of hydrogen-bond acceptors (Lipinski definition) is 4. The van der Waals surface area contributed by atoms with Crippen molar-refractivity contribution in [1.29, 1.82) is 0 Å². The molecular weight excluding hydrogens is 495 g/mol. The lowest BCUT2D eigenvalue weighted by atomic mass is 10.2. The monoisotopic (exact) mass is 512 g/mol. The summed E-state index contributed by atoms with van der Waals surface area (Å²) in [5.41, 5.74) is 2.41. The number of imidazole rings is 1. The molecule has 2 amide bonds. The molecular formula is C20H19BrCl2N4O3. The van der Waals surface area contributed by atoms with E-state index in [9.17, 15) is 9.59 Å². The summed E-state index contributed by atoms with van der Waals surface area (Å²) in [6, 6.07) is 6.89. The van der Waals surface area contributed by atoms with Crippen molar-refractivity contribution in [1.82, 2.24) is 14.3 Å². The molecule has 158 valence electrons. The Morgan fingerprint density at radius 1 is 1.30 bits per heavy atom. The minimum atomic E-state index is -0.369. The molecule has 0 aliphatic heterocycles. The lowest BCUT2D eigenvalue weighted by molar-refractivity contribution is -0.131. The molecule has 0 unspecified atom stereocenters. The number of nitrogens with zero attached hydrogens (tertiary/aromatic N) is 3. The average Bonchev–Trinajstić information content (AvgIpc) is 2.99. The van der Waals surface area contributed by atoms with Gasteiger partial charge < -0.3 is 15.0 Å². The van der Waals surface area contributed by atoms with Crippen molar-refractivity contribution in [2.75, 3.05) is 18.9 Å². The third kappa shape index (κ3) is 4.71. The molecule has 0 aliphatic rings. The summed E-state index contributed by atoms with van der Waals surface area (Å²) in [4.78, 5) is 29.3. The first kappa shape index (κ1) is 22.4. The highest BCUT2D eigenvalue weighted by Crippen LogP contribution is 2.33. The summed E-state index contributed by atoms with van der Waals surface area (Å²) in [6.07, 6.45) is 1.88. The van der Waals surface area contributed by atoms with Crippen LogP contribution in [0.4, 0.5) is 5.69 Å². The molecule has 0 spiro atoms. The van der Waals surface area contributed by atoms with Crippen molar-refractivity contribution in [2.45, 2.75) is 20.5 Å². The number of nitrogens with one attached hydrogen (secondary N) is 1. The Morgan fingerprint density at radius 3 is 2.73 bits per heavy atom. The summed E-state index contributed by atoms with van der Waals surface area (Å²) in [5.74, 6) is -0.0151. The van der Waals surface area contributed by atoms with E-state index >= 15 is 0 Å². The molecule has 0 radical (unpaired) electrons.